The van der Waals surface area contributed by atoms with Crippen LogP contribution in [0.25, 0.3) is 0 Å². The summed E-state index contributed by atoms with van der Waals surface area (Å²) in [4.78, 5) is 0. The maximum atomic E-state index is 2.51. The topological polar surface area (TPSA) is 0 Å². The lowest BCUT2D eigenvalue weighted by atomic mass is 10.2. The molecule has 0 N–H and O–H groups in total. The second-order valence-electron chi connectivity index (χ2n) is 7.85. The van der Waals surface area contributed by atoms with Crippen LogP contribution in [0.2, 0.25) is 0 Å². The Hall–Kier alpha value is 2.80. The summed E-state index contributed by atoms with van der Waals surface area (Å²) in [5.41, 5.74) is 0. The highest BCUT2D eigenvalue weighted by molar-refractivity contribution is 8.09. The molecule has 192 valence electrons. The summed E-state index contributed by atoms with van der Waals surface area (Å²) in [5.74, 6) is 13.1. The van der Waals surface area contributed by atoms with E-state index in [1.54, 1.807) is 0 Å². The Morgan fingerprint density at radius 3 is 1.31 bits per heavy atom. The first-order valence-electron chi connectivity index (χ1n) is 12.4. The fourth-order valence-electron chi connectivity index (χ4n) is 3.81. The van der Waals surface area contributed by atoms with E-state index >= 15 is 0 Å². The molecule has 1 aliphatic heterocycles. The van der Waals surface area contributed by atoms with Crippen molar-refractivity contribution in [1.29, 1.82) is 0 Å². The molecule has 0 bridgehead atoms. The van der Waals surface area contributed by atoms with Crippen LogP contribution in [0.15, 0.2) is 0 Å². The van der Waals surface area contributed by atoms with Crippen molar-refractivity contribution in [3.63, 3.8) is 0 Å². The number of rotatable bonds is 14. The minimum Gasteiger partial charge on any atom is -0.161 e. The van der Waals surface area contributed by atoms with Gasteiger partial charge in [0.05, 0.1) is 0 Å². The van der Waals surface area contributed by atoms with Gasteiger partial charge < -0.3 is 0 Å². The summed E-state index contributed by atoms with van der Waals surface area (Å²) in [6.07, 6.45) is 2.63. The number of hydrogen-bond acceptors (Lipinski definition) is 8. The molecule has 32 heavy (non-hydrogen) atoms. The molecule has 1 aliphatic rings. The molecule has 0 spiro atoms. The zero-order valence-electron chi connectivity index (χ0n) is 21.2. The average molecular weight is 593 g/mol. The van der Waals surface area contributed by atoms with Gasteiger partial charge in [-0.1, -0.05) is 41.5 Å². The van der Waals surface area contributed by atoms with Crippen LogP contribution in [-0.4, -0.2) is 89.0 Å². The van der Waals surface area contributed by atoms with E-state index in [2.05, 4.69) is 136 Å². The lowest BCUT2D eigenvalue weighted by molar-refractivity contribution is 0.745. The Balaban J connectivity index is 2.70. The van der Waals surface area contributed by atoms with Gasteiger partial charge in [0.1, 0.15) is 0 Å². The summed E-state index contributed by atoms with van der Waals surface area (Å²) in [7, 11) is 0. The third kappa shape index (κ3) is 13.9. The summed E-state index contributed by atoms with van der Waals surface area (Å²) in [6.45, 7) is 14.4. The third-order valence-electron chi connectivity index (χ3n) is 5.54. The number of hydrogen-bond donors (Lipinski definition) is 0. The van der Waals surface area contributed by atoms with Crippen LogP contribution in [0.5, 0.6) is 0 Å². The summed E-state index contributed by atoms with van der Waals surface area (Å²) in [6, 6.07) is 0. The molecule has 0 aromatic carbocycles. The zero-order valence-corrected chi connectivity index (χ0v) is 27.7. The highest BCUT2D eigenvalue weighted by Gasteiger charge is 2.30. The molecule has 0 amide bonds. The quantitative estimate of drug-likeness (QED) is 0.181. The van der Waals surface area contributed by atoms with Crippen LogP contribution in [0.4, 0.5) is 0 Å². The van der Waals surface area contributed by atoms with Gasteiger partial charge in [0.15, 0.2) is 0 Å². The van der Waals surface area contributed by atoms with Crippen molar-refractivity contribution >= 4 is 94.1 Å². The molecule has 1 saturated heterocycles. The molecule has 0 aromatic rings. The Kier molecular flexibility index (Phi) is 22.4. The van der Waals surface area contributed by atoms with Gasteiger partial charge in [0.25, 0.3) is 0 Å². The first-order valence-corrected chi connectivity index (χ1v) is 21.0. The summed E-state index contributed by atoms with van der Waals surface area (Å²) < 4.78 is 0. The zero-order chi connectivity index (χ0) is 23.6. The van der Waals surface area contributed by atoms with E-state index in [0.717, 1.165) is 31.5 Å². The van der Waals surface area contributed by atoms with E-state index < -0.39 is 0 Å². The molecule has 1 rings (SSSR count). The average Bonchev–Trinajstić information content (AvgIpc) is 2.79. The highest BCUT2D eigenvalue weighted by atomic mass is 32.2. The van der Waals surface area contributed by atoms with Crippen LogP contribution in [0.1, 0.15) is 54.4 Å². The SMILES string of the molecule is CCSCCS[C@H](CC)[C@H]1SCCS[C@H]([C@@H](CC)SCCSCC)[C@H](C)SCCS[C@H]1C. The Bertz CT molecular complexity index is 387. The van der Waals surface area contributed by atoms with Crippen molar-refractivity contribution < 1.29 is 0 Å². The second kappa shape index (κ2) is 21.8. The van der Waals surface area contributed by atoms with Crippen molar-refractivity contribution in [2.24, 2.45) is 0 Å². The fraction of sp³-hybridized carbons (Fsp3) is 1.00. The van der Waals surface area contributed by atoms with E-state index in [1.165, 1.54) is 70.4 Å². The second-order valence-corrected chi connectivity index (χ2v) is 18.9. The van der Waals surface area contributed by atoms with Crippen molar-refractivity contribution in [3.8, 4) is 0 Å². The molecule has 0 saturated carbocycles. The summed E-state index contributed by atoms with van der Waals surface area (Å²) in [5, 5.41) is 4.75. The third-order valence-corrected chi connectivity index (χ3v) is 17.7. The van der Waals surface area contributed by atoms with Crippen LogP contribution in [0.3, 0.4) is 0 Å². The molecule has 6 atom stereocenters. The van der Waals surface area contributed by atoms with Crippen LogP contribution in [0, 0.1) is 0 Å². The van der Waals surface area contributed by atoms with E-state index in [4.69, 9.17) is 0 Å². The molecular weight excluding hydrogens is 545 g/mol. The normalized spacial score (nSPS) is 27.9. The number of thioether (sulfide) groups is 8. The van der Waals surface area contributed by atoms with Crippen molar-refractivity contribution in [2.45, 2.75) is 85.9 Å². The lowest BCUT2D eigenvalue weighted by Gasteiger charge is -2.33. The molecule has 0 nitrogen and oxygen atoms in total. The minimum atomic E-state index is 0.766. The summed E-state index contributed by atoms with van der Waals surface area (Å²) >= 11 is 17.8. The molecule has 1 heterocycles. The highest BCUT2D eigenvalue weighted by Crippen LogP contribution is 2.39. The molecule has 0 aliphatic carbocycles. The standard InChI is InChI=1S/C24H48S8/c1-7-21(29-13-11-25-9-3)23-19(5)27-15-16-28-20(6)24(32-18-17-31-23)22(8-2)30-14-12-26-10-4/h19-24H,7-18H2,1-6H3/t19-,20-,21+,22+,23-,24-/m0/s1. The molecule has 0 aromatic heterocycles. The Morgan fingerprint density at radius 2 is 0.969 bits per heavy atom. The monoisotopic (exact) mass is 592 g/mol. The first-order chi connectivity index (χ1) is 15.6. The minimum absolute atomic E-state index is 0.766. The van der Waals surface area contributed by atoms with E-state index in [9.17, 15) is 0 Å². The fourth-order valence-corrected chi connectivity index (χ4v) is 15.1. The van der Waals surface area contributed by atoms with Gasteiger partial charge in [-0.25, -0.2) is 0 Å². The lowest BCUT2D eigenvalue weighted by Crippen LogP contribution is -2.32. The van der Waals surface area contributed by atoms with Gasteiger partial charge in [-0.15, -0.1) is 0 Å². The van der Waals surface area contributed by atoms with Crippen molar-refractivity contribution in [2.75, 3.05) is 57.5 Å². The van der Waals surface area contributed by atoms with Crippen LogP contribution >= 0.6 is 94.1 Å². The van der Waals surface area contributed by atoms with Gasteiger partial charge >= 0.3 is 0 Å². The van der Waals surface area contributed by atoms with E-state index in [1.807, 2.05) is 0 Å². The molecule has 0 unspecified atom stereocenters. The van der Waals surface area contributed by atoms with Crippen LogP contribution < -0.4 is 0 Å². The largest absolute Gasteiger partial charge is 0.161 e. The predicted molar refractivity (Wildman–Crippen MR) is 175 cm³/mol. The maximum absolute atomic E-state index is 2.51. The molecule has 1 fully saturated rings. The predicted octanol–water partition coefficient (Wildman–Crippen LogP) is 8.98. The van der Waals surface area contributed by atoms with Gasteiger partial charge in [0, 0.05) is 77.5 Å². The van der Waals surface area contributed by atoms with Crippen molar-refractivity contribution in [3.05, 3.63) is 0 Å². The van der Waals surface area contributed by atoms with Gasteiger partial charge in [0.2, 0.25) is 0 Å². The Morgan fingerprint density at radius 1 is 0.594 bits per heavy atom. The van der Waals surface area contributed by atoms with E-state index in [0.29, 0.717) is 0 Å². The smallest absolute Gasteiger partial charge is 0.0282 e. The van der Waals surface area contributed by atoms with Crippen LogP contribution in [-0.2, 0) is 0 Å². The molecular formula is C24H48S8. The maximum Gasteiger partial charge on any atom is 0.0282 e. The molecule has 0 radical (unpaired) electrons. The Labute approximate surface area is 235 Å². The van der Waals surface area contributed by atoms with Crippen molar-refractivity contribution in [1.82, 2.24) is 0 Å². The molecule has 8 heteroatoms. The van der Waals surface area contributed by atoms with E-state index in [-0.39, 0.29) is 0 Å². The first kappa shape index (κ1) is 32.8. The van der Waals surface area contributed by atoms with Gasteiger partial charge in [-0.3, -0.25) is 0 Å². The van der Waals surface area contributed by atoms with Gasteiger partial charge in [-0.2, -0.15) is 94.1 Å². The van der Waals surface area contributed by atoms with Gasteiger partial charge in [-0.05, 0) is 24.3 Å².